The minimum absolute atomic E-state index is 0.270. The summed E-state index contributed by atoms with van der Waals surface area (Å²) >= 11 is 1.38. The van der Waals surface area contributed by atoms with Crippen LogP contribution in [0.4, 0.5) is 0 Å². The summed E-state index contributed by atoms with van der Waals surface area (Å²) in [5, 5.41) is 8.30. The maximum Gasteiger partial charge on any atom is 0.320 e. The van der Waals surface area contributed by atoms with Gasteiger partial charge in [-0.05, 0) is 18.4 Å². The third-order valence-electron chi connectivity index (χ3n) is 0.890. The number of carbonyl (C=O) groups is 1. The quantitative estimate of drug-likeness (QED) is 0.560. The Morgan fingerprint density at radius 2 is 2.78 bits per heavy atom. The van der Waals surface area contributed by atoms with E-state index in [0.717, 1.165) is 0 Å². The number of aliphatic carboxylic acids is 1. The Balaban J connectivity index is 3.21. The Kier molecular flexibility index (Phi) is 3.55. The SMILES string of the molecule is [2H]CSCC[C@H](N)C(=O)O. The molecule has 0 fully saturated rings. The fraction of sp³-hybridized carbons (Fsp3) is 0.800. The zero-order chi connectivity index (χ0) is 7.98. The first-order valence-corrected chi connectivity index (χ1v) is 3.69. The van der Waals surface area contributed by atoms with E-state index < -0.39 is 12.0 Å². The van der Waals surface area contributed by atoms with Gasteiger partial charge < -0.3 is 10.8 Å². The largest absolute Gasteiger partial charge is 0.480 e. The zero-order valence-electron chi connectivity index (χ0n) is 6.04. The molecule has 0 aromatic carbocycles. The van der Waals surface area contributed by atoms with Gasteiger partial charge in [-0.15, -0.1) is 0 Å². The monoisotopic (exact) mass is 150 g/mol. The van der Waals surface area contributed by atoms with Gasteiger partial charge in [-0.2, -0.15) is 11.8 Å². The van der Waals surface area contributed by atoms with Crippen molar-refractivity contribution in [2.45, 2.75) is 12.5 Å². The molecule has 1 atom stereocenters. The molecule has 4 heteroatoms. The van der Waals surface area contributed by atoms with Crippen molar-refractivity contribution in [1.29, 1.82) is 0 Å². The highest BCUT2D eigenvalue weighted by molar-refractivity contribution is 7.98. The molecule has 0 amide bonds. The van der Waals surface area contributed by atoms with Crippen molar-refractivity contribution in [3.63, 3.8) is 0 Å². The molecule has 0 heterocycles. The zero-order valence-corrected chi connectivity index (χ0v) is 5.86. The second kappa shape index (κ2) is 4.64. The van der Waals surface area contributed by atoms with Crippen molar-refractivity contribution < 1.29 is 11.3 Å². The molecule has 0 spiro atoms. The molecule has 0 aromatic rings. The molecule has 0 saturated heterocycles. The van der Waals surface area contributed by atoms with Crippen molar-refractivity contribution >= 4 is 17.7 Å². The lowest BCUT2D eigenvalue weighted by atomic mass is 10.2. The van der Waals surface area contributed by atoms with E-state index in [1.807, 2.05) is 0 Å². The lowest BCUT2D eigenvalue weighted by Gasteiger charge is -2.02. The molecule has 0 radical (unpaired) electrons. The molecular formula is C5H11NO2S. The second-order valence-electron chi connectivity index (χ2n) is 1.64. The summed E-state index contributed by atoms with van der Waals surface area (Å²) in [5.74, 6) is -0.317. The van der Waals surface area contributed by atoms with Gasteiger partial charge in [0.25, 0.3) is 0 Å². The minimum atomic E-state index is -0.967. The van der Waals surface area contributed by atoms with Gasteiger partial charge in [-0.25, -0.2) is 0 Å². The Bertz CT molecular complexity index is 112. The highest BCUT2D eigenvalue weighted by atomic mass is 32.2. The standard InChI is InChI=1S/C5H11NO2S/c1-9-3-2-4(6)5(7)8/h4H,2-3,6H2,1H3,(H,7,8)/t4-/m0/s1/i1D. The molecule has 0 aliphatic rings. The van der Waals surface area contributed by atoms with Crippen LogP contribution in [0.25, 0.3) is 0 Å². The van der Waals surface area contributed by atoms with Crippen LogP contribution in [0.2, 0.25) is 0 Å². The van der Waals surface area contributed by atoms with E-state index in [2.05, 4.69) is 0 Å². The molecule has 0 aliphatic carbocycles. The molecule has 3 N–H and O–H groups in total. The number of hydrogen-bond acceptors (Lipinski definition) is 3. The lowest BCUT2D eigenvalue weighted by molar-refractivity contribution is -0.138. The van der Waals surface area contributed by atoms with Crippen LogP contribution in [0.1, 0.15) is 7.79 Å². The van der Waals surface area contributed by atoms with E-state index >= 15 is 0 Å². The van der Waals surface area contributed by atoms with Crippen LogP contribution in [-0.4, -0.2) is 29.1 Å². The first kappa shape index (κ1) is 6.89. The van der Waals surface area contributed by atoms with Crippen molar-refractivity contribution in [2.24, 2.45) is 5.73 Å². The Labute approximate surface area is 60.0 Å². The normalized spacial score (nSPS) is 14.6. The molecule has 0 bridgehead atoms. The van der Waals surface area contributed by atoms with Gasteiger partial charge in [0, 0.05) is 1.37 Å². The Morgan fingerprint density at radius 3 is 3.22 bits per heavy atom. The fourth-order valence-electron chi connectivity index (χ4n) is 0.334. The van der Waals surface area contributed by atoms with Crippen molar-refractivity contribution in [1.82, 2.24) is 0 Å². The number of hydrogen-bond donors (Lipinski definition) is 2. The van der Waals surface area contributed by atoms with Crippen LogP contribution in [0.5, 0.6) is 0 Å². The van der Waals surface area contributed by atoms with Crippen LogP contribution >= 0.6 is 11.8 Å². The molecular weight excluding hydrogens is 138 g/mol. The van der Waals surface area contributed by atoms with E-state index in [-0.39, 0.29) is 6.23 Å². The number of nitrogens with two attached hydrogens (primary N) is 1. The van der Waals surface area contributed by atoms with Gasteiger partial charge in [-0.1, -0.05) is 0 Å². The number of rotatable bonds is 4. The van der Waals surface area contributed by atoms with Crippen molar-refractivity contribution in [3.8, 4) is 0 Å². The molecule has 0 aromatic heterocycles. The maximum absolute atomic E-state index is 10.1. The lowest BCUT2D eigenvalue weighted by Crippen LogP contribution is -2.30. The highest BCUT2D eigenvalue weighted by Crippen LogP contribution is 1.97. The summed E-state index contributed by atoms with van der Waals surface area (Å²) in [5.41, 5.74) is 5.18. The van der Waals surface area contributed by atoms with Gasteiger partial charge in [0.05, 0.1) is 0 Å². The molecule has 0 aliphatic heterocycles. The summed E-state index contributed by atoms with van der Waals surface area (Å²) in [6.45, 7) is 0. The van der Waals surface area contributed by atoms with Gasteiger partial charge >= 0.3 is 5.97 Å². The molecule has 0 unspecified atom stereocenters. The van der Waals surface area contributed by atoms with Crippen LogP contribution in [0.3, 0.4) is 0 Å². The van der Waals surface area contributed by atoms with E-state index in [4.69, 9.17) is 12.2 Å². The summed E-state index contributed by atoms with van der Waals surface area (Å²) in [4.78, 5) is 10.1. The van der Waals surface area contributed by atoms with Crippen LogP contribution in [0, 0.1) is 0 Å². The van der Waals surface area contributed by atoms with Crippen LogP contribution in [0.15, 0.2) is 0 Å². The van der Waals surface area contributed by atoms with Crippen molar-refractivity contribution in [3.05, 3.63) is 0 Å². The second-order valence-corrected chi connectivity index (χ2v) is 2.46. The van der Waals surface area contributed by atoms with Gasteiger partial charge in [0.2, 0.25) is 0 Å². The molecule has 54 valence electrons. The summed E-state index contributed by atoms with van der Waals surface area (Å²) in [6.07, 6.45) is 0.714. The van der Waals surface area contributed by atoms with Crippen molar-refractivity contribution in [2.75, 3.05) is 12.0 Å². The molecule has 3 nitrogen and oxygen atoms in total. The topological polar surface area (TPSA) is 63.3 Å². The fourth-order valence-corrected chi connectivity index (χ4v) is 0.754. The third kappa shape index (κ3) is 4.29. The van der Waals surface area contributed by atoms with E-state index in [1.165, 1.54) is 11.8 Å². The first-order chi connectivity index (χ1) is 4.68. The van der Waals surface area contributed by atoms with Gasteiger partial charge in [0.1, 0.15) is 6.04 Å². The predicted molar refractivity (Wildman–Crippen MR) is 38.6 cm³/mol. The van der Waals surface area contributed by atoms with Crippen LogP contribution < -0.4 is 5.73 Å². The Morgan fingerprint density at radius 1 is 2.11 bits per heavy atom. The molecule has 0 rings (SSSR count). The number of carboxylic acids is 1. The minimum Gasteiger partial charge on any atom is -0.480 e. The van der Waals surface area contributed by atoms with Gasteiger partial charge in [0.15, 0.2) is 0 Å². The number of thioether (sulfide) groups is 1. The summed E-state index contributed by atoms with van der Waals surface area (Å²) < 4.78 is 6.73. The Hall–Kier alpha value is -0.220. The average molecular weight is 150 g/mol. The summed E-state index contributed by atoms with van der Waals surface area (Å²) in [6, 6.07) is -0.765. The number of carboxylic acid groups (broad SMARTS) is 1. The van der Waals surface area contributed by atoms with Gasteiger partial charge in [-0.3, -0.25) is 4.79 Å². The predicted octanol–water partition coefficient (Wildman–Crippen LogP) is 0.151. The molecule has 0 saturated carbocycles. The summed E-state index contributed by atoms with van der Waals surface area (Å²) in [7, 11) is 0. The van der Waals surface area contributed by atoms with E-state index in [1.54, 1.807) is 0 Å². The third-order valence-corrected chi connectivity index (χ3v) is 1.41. The smallest absolute Gasteiger partial charge is 0.320 e. The van der Waals surface area contributed by atoms with E-state index in [9.17, 15) is 4.79 Å². The molecule has 9 heavy (non-hydrogen) atoms. The average Bonchev–Trinajstić information content (AvgIpc) is 1.88. The first-order valence-electron chi connectivity index (χ1n) is 3.24. The maximum atomic E-state index is 10.1. The van der Waals surface area contributed by atoms with Crippen LogP contribution in [-0.2, 0) is 4.79 Å². The highest BCUT2D eigenvalue weighted by Gasteiger charge is 2.08. The van der Waals surface area contributed by atoms with E-state index in [0.29, 0.717) is 12.2 Å².